The zero-order valence-corrected chi connectivity index (χ0v) is 21.9. The lowest BCUT2D eigenvalue weighted by molar-refractivity contribution is -0.121. The summed E-state index contributed by atoms with van der Waals surface area (Å²) in [6.07, 6.45) is 0.664. The van der Waals surface area contributed by atoms with Crippen LogP contribution in [0, 0.1) is 6.92 Å². The van der Waals surface area contributed by atoms with Gasteiger partial charge < -0.3 is 10.1 Å². The van der Waals surface area contributed by atoms with Crippen LogP contribution in [0.5, 0.6) is 5.75 Å². The highest BCUT2D eigenvalue weighted by molar-refractivity contribution is 8.15. The summed E-state index contributed by atoms with van der Waals surface area (Å²) in [5.41, 5.74) is 4.77. The van der Waals surface area contributed by atoms with Crippen molar-refractivity contribution in [3.8, 4) is 5.75 Å². The standard InChI is InChI=1S/C28H25ClN4O3S/c1-17-3-5-18(6-4-17)23-15-24(19-7-9-20(29)10-8-19)33(32-23)28-31-27(35)25(37-28)16-26(34)30-21-11-13-22(36-2)14-12-21/h3-14,24-25H,15-16H2,1-2H3,(H,30,34). The van der Waals surface area contributed by atoms with Crippen molar-refractivity contribution in [3.05, 3.63) is 94.5 Å². The molecule has 9 heteroatoms. The van der Waals surface area contributed by atoms with Gasteiger partial charge in [-0.25, -0.2) is 5.01 Å². The van der Waals surface area contributed by atoms with E-state index in [4.69, 9.17) is 21.4 Å². The van der Waals surface area contributed by atoms with Crippen LogP contribution >= 0.6 is 23.4 Å². The Balaban J connectivity index is 1.33. The maximum Gasteiger partial charge on any atom is 0.262 e. The van der Waals surface area contributed by atoms with Crippen LogP contribution in [0.4, 0.5) is 5.69 Å². The van der Waals surface area contributed by atoms with E-state index < -0.39 is 5.25 Å². The average Bonchev–Trinajstić information content (AvgIpc) is 3.49. The summed E-state index contributed by atoms with van der Waals surface area (Å²) >= 11 is 7.40. The van der Waals surface area contributed by atoms with Crippen LogP contribution in [-0.4, -0.2) is 40.1 Å². The second-order valence-electron chi connectivity index (χ2n) is 8.85. The number of nitrogens with one attached hydrogen (secondary N) is 1. The smallest absolute Gasteiger partial charge is 0.262 e. The summed E-state index contributed by atoms with van der Waals surface area (Å²) in [5, 5.41) is 10.1. The predicted octanol–water partition coefficient (Wildman–Crippen LogP) is 5.83. The number of nitrogens with zero attached hydrogens (tertiary/aromatic N) is 3. The van der Waals surface area contributed by atoms with E-state index >= 15 is 0 Å². The maximum atomic E-state index is 12.8. The number of halogens is 1. The fourth-order valence-electron chi connectivity index (χ4n) is 4.21. The summed E-state index contributed by atoms with van der Waals surface area (Å²) in [7, 11) is 1.58. The third-order valence-electron chi connectivity index (χ3n) is 6.22. The number of carbonyl (C=O) groups excluding carboxylic acids is 2. The van der Waals surface area contributed by atoms with E-state index in [0.29, 0.717) is 28.0 Å². The molecule has 7 nitrogen and oxygen atoms in total. The largest absolute Gasteiger partial charge is 0.497 e. The minimum Gasteiger partial charge on any atom is -0.497 e. The number of amides is 2. The highest BCUT2D eigenvalue weighted by Crippen LogP contribution is 2.39. The fourth-order valence-corrected chi connectivity index (χ4v) is 5.40. The van der Waals surface area contributed by atoms with Gasteiger partial charge in [-0.1, -0.05) is 65.3 Å². The Morgan fingerprint density at radius 3 is 2.46 bits per heavy atom. The molecule has 2 unspecified atom stereocenters. The van der Waals surface area contributed by atoms with Crippen molar-refractivity contribution in [2.45, 2.75) is 31.1 Å². The van der Waals surface area contributed by atoms with E-state index in [0.717, 1.165) is 16.8 Å². The van der Waals surface area contributed by atoms with Gasteiger partial charge in [0, 0.05) is 23.6 Å². The van der Waals surface area contributed by atoms with E-state index in [2.05, 4.69) is 34.6 Å². The number of aliphatic imine (C=N–C) groups is 1. The number of hydrazone groups is 1. The second kappa shape index (κ2) is 10.8. The monoisotopic (exact) mass is 532 g/mol. The molecule has 2 aliphatic rings. The van der Waals surface area contributed by atoms with Crippen molar-refractivity contribution in [2.24, 2.45) is 10.1 Å². The Morgan fingerprint density at radius 2 is 1.78 bits per heavy atom. The Labute approximate surface area is 224 Å². The van der Waals surface area contributed by atoms with Gasteiger partial charge in [-0.05, 0) is 54.4 Å². The zero-order valence-electron chi connectivity index (χ0n) is 20.3. The number of thioether (sulfide) groups is 1. The number of hydrogen-bond donors (Lipinski definition) is 1. The molecule has 0 spiro atoms. The molecule has 0 saturated heterocycles. The van der Waals surface area contributed by atoms with Crippen molar-refractivity contribution in [2.75, 3.05) is 12.4 Å². The highest BCUT2D eigenvalue weighted by atomic mass is 35.5. The normalized spacial score (nSPS) is 19.0. The lowest BCUT2D eigenvalue weighted by atomic mass is 9.98. The number of benzene rings is 3. The van der Waals surface area contributed by atoms with Gasteiger partial charge in [-0.3, -0.25) is 9.59 Å². The van der Waals surface area contributed by atoms with E-state index in [1.807, 2.05) is 36.2 Å². The van der Waals surface area contributed by atoms with Gasteiger partial charge in [0.25, 0.3) is 5.91 Å². The molecule has 0 aliphatic carbocycles. The number of anilines is 1. The third kappa shape index (κ3) is 5.70. The molecule has 1 N–H and O–H groups in total. The summed E-state index contributed by atoms with van der Waals surface area (Å²) in [6.45, 7) is 2.05. The van der Waals surface area contributed by atoms with E-state index in [-0.39, 0.29) is 24.3 Å². The number of hydrogen-bond acceptors (Lipinski definition) is 6. The molecule has 5 rings (SSSR count). The van der Waals surface area contributed by atoms with Gasteiger partial charge in [0.05, 0.1) is 18.9 Å². The Bertz CT molecular complexity index is 1370. The van der Waals surface area contributed by atoms with Crippen molar-refractivity contribution >= 4 is 51.7 Å². The van der Waals surface area contributed by atoms with Crippen LogP contribution in [-0.2, 0) is 9.59 Å². The number of aryl methyl sites for hydroxylation is 1. The Hall–Kier alpha value is -3.62. The number of amidine groups is 1. The maximum absolute atomic E-state index is 12.8. The van der Waals surface area contributed by atoms with Crippen molar-refractivity contribution in [1.82, 2.24) is 5.01 Å². The molecule has 0 bridgehead atoms. The van der Waals surface area contributed by atoms with Gasteiger partial charge in [-0.15, -0.1) is 0 Å². The van der Waals surface area contributed by atoms with Crippen LogP contribution in [0.1, 0.15) is 35.6 Å². The van der Waals surface area contributed by atoms with Crippen molar-refractivity contribution in [3.63, 3.8) is 0 Å². The number of rotatable bonds is 6. The lowest BCUT2D eigenvalue weighted by Crippen LogP contribution is -2.25. The first-order valence-corrected chi connectivity index (χ1v) is 13.1. The Morgan fingerprint density at radius 1 is 1.08 bits per heavy atom. The predicted molar refractivity (Wildman–Crippen MR) is 148 cm³/mol. The SMILES string of the molecule is COc1ccc(NC(=O)CC2SC(N3N=C(c4ccc(C)cc4)CC3c3ccc(Cl)cc3)=NC2=O)cc1. The number of ether oxygens (including phenoxy) is 1. The van der Waals surface area contributed by atoms with Crippen molar-refractivity contribution in [1.29, 1.82) is 0 Å². The summed E-state index contributed by atoms with van der Waals surface area (Å²) in [6, 6.07) is 22.7. The van der Waals surface area contributed by atoms with E-state index in [1.54, 1.807) is 31.4 Å². The third-order valence-corrected chi connectivity index (χ3v) is 7.61. The fraction of sp³-hybridized carbons (Fsp3) is 0.214. The van der Waals surface area contributed by atoms with Gasteiger partial charge >= 0.3 is 0 Å². The molecule has 37 heavy (non-hydrogen) atoms. The minimum absolute atomic E-state index is 0.0104. The van der Waals surface area contributed by atoms with Crippen LogP contribution in [0.15, 0.2) is 82.9 Å². The Kier molecular flexibility index (Phi) is 7.30. The van der Waals surface area contributed by atoms with Crippen LogP contribution in [0.2, 0.25) is 5.02 Å². The summed E-state index contributed by atoms with van der Waals surface area (Å²) < 4.78 is 5.15. The lowest BCUT2D eigenvalue weighted by Gasteiger charge is -2.23. The molecule has 2 heterocycles. The quantitative estimate of drug-likeness (QED) is 0.431. The number of carbonyl (C=O) groups is 2. The second-order valence-corrected chi connectivity index (χ2v) is 10.5. The first kappa shape index (κ1) is 25.0. The van der Waals surface area contributed by atoms with Crippen LogP contribution < -0.4 is 10.1 Å². The summed E-state index contributed by atoms with van der Waals surface area (Å²) in [5.74, 6) is 0.106. The molecular formula is C28H25ClN4O3S. The first-order valence-electron chi connectivity index (χ1n) is 11.8. The highest BCUT2D eigenvalue weighted by Gasteiger charge is 2.39. The molecule has 2 atom stereocenters. The zero-order chi connectivity index (χ0) is 25.9. The summed E-state index contributed by atoms with van der Waals surface area (Å²) in [4.78, 5) is 29.8. The number of methoxy groups -OCH3 is 1. The molecule has 3 aromatic carbocycles. The average molecular weight is 533 g/mol. The first-order chi connectivity index (χ1) is 17.9. The minimum atomic E-state index is -0.613. The van der Waals surface area contributed by atoms with Gasteiger partial charge in [0.15, 0.2) is 5.17 Å². The molecule has 0 saturated carbocycles. The molecule has 0 aromatic heterocycles. The molecule has 3 aromatic rings. The molecule has 0 radical (unpaired) electrons. The molecule has 188 valence electrons. The van der Waals surface area contributed by atoms with E-state index in [9.17, 15) is 9.59 Å². The van der Waals surface area contributed by atoms with Gasteiger partial charge in [0.1, 0.15) is 11.0 Å². The topological polar surface area (TPSA) is 83.4 Å². The molecular weight excluding hydrogens is 508 g/mol. The van der Waals surface area contributed by atoms with Crippen LogP contribution in [0.25, 0.3) is 0 Å². The van der Waals surface area contributed by atoms with E-state index in [1.165, 1.54) is 17.3 Å². The molecule has 2 aliphatic heterocycles. The molecule has 0 fully saturated rings. The van der Waals surface area contributed by atoms with Gasteiger partial charge in [-0.2, -0.15) is 10.1 Å². The molecule has 2 amide bonds. The van der Waals surface area contributed by atoms with Gasteiger partial charge in [0.2, 0.25) is 5.91 Å². The van der Waals surface area contributed by atoms with Crippen LogP contribution in [0.3, 0.4) is 0 Å². The van der Waals surface area contributed by atoms with Crippen molar-refractivity contribution < 1.29 is 14.3 Å².